The topological polar surface area (TPSA) is 80.1 Å². The molecule has 1 N–H and O–H groups in total. The fraction of sp³-hybridized carbons (Fsp3) is 0.238. The molecular weight excluding hydrogens is 354 g/mol. The van der Waals surface area contributed by atoms with Gasteiger partial charge >= 0.3 is 0 Å². The second-order valence-corrected chi connectivity index (χ2v) is 6.73. The standard InChI is InChI=1S/C21H21N5O2/c27-20(15-16-6-1-2-10-22-16)25-12-4-9-19(25)21(28)24-17-7-3-8-18(14-17)26-13-5-11-23-26/h1-3,5-8,10-11,13-14,19H,4,9,12,15H2,(H,24,28)/t19-/m1/s1. The van der Waals surface area contributed by atoms with Crippen molar-refractivity contribution in [3.8, 4) is 5.69 Å². The summed E-state index contributed by atoms with van der Waals surface area (Å²) in [5.41, 5.74) is 2.25. The van der Waals surface area contributed by atoms with E-state index >= 15 is 0 Å². The molecule has 4 rings (SSSR count). The Labute approximate surface area is 163 Å². The number of aromatic nitrogens is 3. The number of benzene rings is 1. The number of nitrogens with zero attached hydrogens (tertiary/aromatic N) is 4. The van der Waals surface area contributed by atoms with Gasteiger partial charge in [0.05, 0.1) is 12.1 Å². The number of amides is 2. The SMILES string of the molecule is O=C(Nc1cccc(-n2cccn2)c1)[C@H]1CCCN1C(=O)Cc1ccccn1. The van der Waals surface area contributed by atoms with Crippen molar-refractivity contribution in [2.24, 2.45) is 0 Å². The van der Waals surface area contributed by atoms with Crippen LogP contribution >= 0.6 is 0 Å². The lowest BCUT2D eigenvalue weighted by atomic mass is 10.1. The first-order valence-corrected chi connectivity index (χ1v) is 9.31. The van der Waals surface area contributed by atoms with Gasteiger partial charge in [-0.05, 0) is 49.2 Å². The maximum Gasteiger partial charge on any atom is 0.247 e. The molecule has 1 fully saturated rings. The van der Waals surface area contributed by atoms with E-state index in [2.05, 4.69) is 15.4 Å². The number of carbonyl (C=O) groups excluding carboxylic acids is 2. The first-order chi connectivity index (χ1) is 13.7. The smallest absolute Gasteiger partial charge is 0.247 e. The summed E-state index contributed by atoms with van der Waals surface area (Å²) in [7, 11) is 0. The van der Waals surface area contributed by atoms with E-state index in [9.17, 15) is 9.59 Å². The number of anilines is 1. The van der Waals surface area contributed by atoms with Crippen LogP contribution in [0.5, 0.6) is 0 Å². The molecular formula is C21H21N5O2. The fourth-order valence-corrected chi connectivity index (χ4v) is 3.47. The van der Waals surface area contributed by atoms with Gasteiger partial charge in [0, 0.05) is 36.5 Å². The summed E-state index contributed by atoms with van der Waals surface area (Å²) in [6.07, 6.45) is 6.91. The van der Waals surface area contributed by atoms with Crippen molar-refractivity contribution in [3.63, 3.8) is 0 Å². The average Bonchev–Trinajstić information content (AvgIpc) is 3.41. The van der Waals surface area contributed by atoms with E-state index in [0.717, 1.165) is 12.1 Å². The number of likely N-dealkylation sites (tertiary alicyclic amines) is 1. The van der Waals surface area contributed by atoms with Crippen LogP contribution in [0, 0.1) is 0 Å². The number of nitrogens with one attached hydrogen (secondary N) is 1. The maximum absolute atomic E-state index is 12.8. The Bertz CT molecular complexity index is 956. The Kier molecular flexibility index (Phi) is 5.14. The van der Waals surface area contributed by atoms with Crippen LogP contribution in [0.4, 0.5) is 5.69 Å². The second kappa shape index (κ2) is 8.04. The van der Waals surface area contributed by atoms with Gasteiger partial charge in [0.1, 0.15) is 6.04 Å². The van der Waals surface area contributed by atoms with Gasteiger partial charge in [-0.1, -0.05) is 12.1 Å². The summed E-state index contributed by atoms with van der Waals surface area (Å²) in [5, 5.41) is 7.15. The summed E-state index contributed by atoms with van der Waals surface area (Å²) in [6, 6.07) is 14.4. The third-order valence-electron chi connectivity index (χ3n) is 4.82. The molecule has 0 unspecified atom stereocenters. The second-order valence-electron chi connectivity index (χ2n) is 6.73. The highest BCUT2D eigenvalue weighted by Gasteiger charge is 2.34. The molecule has 0 bridgehead atoms. The Morgan fingerprint density at radius 2 is 2.04 bits per heavy atom. The van der Waals surface area contributed by atoms with Gasteiger partial charge in [-0.3, -0.25) is 14.6 Å². The van der Waals surface area contributed by atoms with Gasteiger partial charge in [0.25, 0.3) is 0 Å². The molecule has 142 valence electrons. The molecule has 0 saturated carbocycles. The number of rotatable bonds is 5. The van der Waals surface area contributed by atoms with Crippen molar-refractivity contribution in [2.45, 2.75) is 25.3 Å². The monoisotopic (exact) mass is 375 g/mol. The van der Waals surface area contributed by atoms with Crippen LogP contribution in [-0.4, -0.2) is 44.1 Å². The molecule has 0 spiro atoms. The minimum atomic E-state index is -0.454. The molecule has 2 aromatic heterocycles. The molecule has 1 aliphatic heterocycles. The van der Waals surface area contributed by atoms with E-state index in [1.165, 1.54) is 0 Å². The lowest BCUT2D eigenvalue weighted by Gasteiger charge is -2.24. The minimum absolute atomic E-state index is 0.0679. The number of pyridine rings is 1. The minimum Gasteiger partial charge on any atom is -0.330 e. The molecule has 2 amide bonds. The highest BCUT2D eigenvalue weighted by Crippen LogP contribution is 2.21. The molecule has 7 heteroatoms. The molecule has 3 heterocycles. The zero-order valence-corrected chi connectivity index (χ0v) is 15.4. The molecule has 7 nitrogen and oxygen atoms in total. The Morgan fingerprint density at radius 1 is 1.11 bits per heavy atom. The highest BCUT2D eigenvalue weighted by molar-refractivity contribution is 5.97. The molecule has 0 radical (unpaired) electrons. The summed E-state index contributed by atoms with van der Waals surface area (Å²) in [6.45, 7) is 0.594. The number of hydrogen-bond acceptors (Lipinski definition) is 4. The summed E-state index contributed by atoms with van der Waals surface area (Å²) >= 11 is 0. The molecule has 3 aromatic rings. The molecule has 28 heavy (non-hydrogen) atoms. The van der Waals surface area contributed by atoms with Crippen LogP contribution in [0.3, 0.4) is 0 Å². The largest absolute Gasteiger partial charge is 0.330 e. The third-order valence-corrected chi connectivity index (χ3v) is 4.82. The van der Waals surface area contributed by atoms with Crippen molar-refractivity contribution in [2.75, 3.05) is 11.9 Å². The normalized spacial score (nSPS) is 16.1. The van der Waals surface area contributed by atoms with Gasteiger partial charge in [-0.15, -0.1) is 0 Å². The van der Waals surface area contributed by atoms with Gasteiger partial charge in [-0.25, -0.2) is 4.68 Å². The van der Waals surface area contributed by atoms with Crippen molar-refractivity contribution >= 4 is 17.5 Å². The van der Waals surface area contributed by atoms with Crippen molar-refractivity contribution < 1.29 is 9.59 Å². The first-order valence-electron chi connectivity index (χ1n) is 9.31. The summed E-state index contributed by atoms with van der Waals surface area (Å²) in [4.78, 5) is 31.4. The van der Waals surface area contributed by atoms with Crippen LogP contribution in [0.1, 0.15) is 18.5 Å². The van der Waals surface area contributed by atoms with Crippen molar-refractivity contribution in [1.82, 2.24) is 19.7 Å². The van der Waals surface area contributed by atoms with Crippen molar-refractivity contribution in [1.29, 1.82) is 0 Å². The molecule has 0 aliphatic carbocycles. The van der Waals surface area contributed by atoms with E-state index in [-0.39, 0.29) is 18.2 Å². The van der Waals surface area contributed by atoms with E-state index < -0.39 is 6.04 Å². The van der Waals surface area contributed by atoms with E-state index in [4.69, 9.17) is 0 Å². The quantitative estimate of drug-likeness (QED) is 0.743. The van der Waals surface area contributed by atoms with Crippen LogP contribution in [-0.2, 0) is 16.0 Å². The average molecular weight is 375 g/mol. The Hall–Kier alpha value is -3.48. The molecule has 1 aliphatic rings. The van der Waals surface area contributed by atoms with E-state index in [0.29, 0.717) is 24.3 Å². The molecule has 1 atom stereocenters. The number of hydrogen-bond donors (Lipinski definition) is 1. The van der Waals surface area contributed by atoms with E-state index in [1.807, 2.05) is 54.7 Å². The van der Waals surface area contributed by atoms with Crippen LogP contribution in [0.25, 0.3) is 5.69 Å². The Morgan fingerprint density at radius 3 is 2.82 bits per heavy atom. The molecule has 1 aromatic carbocycles. The fourth-order valence-electron chi connectivity index (χ4n) is 3.47. The zero-order chi connectivity index (χ0) is 19.3. The highest BCUT2D eigenvalue weighted by atomic mass is 16.2. The first kappa shape index (κ1) is 17.9. The summed E-state index contributed by atoms with van der Waals surface area (Å²) in [5.74, 6) is -0.230. The summed E-state index contributed by atoms with van der Waals surface area (Å²) < 4.78 is 1.73. The molecule has 1 saturated heterocycles. The predicted octanol–water partition coefficient (Wildman–Crippen LogP) is 2.44. The van der Waals surface area contributed by atoms with Crippen LogP contribution in [0.15, 0.2) is 67.1 Å². The van der Waals surface area contributed by atoms with Gasteiger partial charge in [0.2, 0.25) is 11.8 Å². The number of carbonyl (C=O) groups is 2. The van der Waals surface area contributed by atoms with Crippen LogP contribution in [0.2, 0.25) is 0 Å². The predicted molar refractivity (Wildman–Crippen MR) is 105 cm³/mol. The van der Waals surface area contributed by atoms with Crippen molar-refractivity contribution in [3.05, 3.63) is 72.8 Å². The zero-order valence-electron chi connectivity index (χ0n) is 15.4. The van der Waals surface area contributed by atoms with Gasteiger partial charge in [0.15, 0.2) is 0 Å². The lowest BCUT2D eigenvalue weighted by molar-refractivity contribution is -0.136. The van der Waals surface area contributed by atoms with Crippen LogP contribution < -0.4 is 5.32 Å². The van der Waals surface area contributed by atoms with Gasteiger partial charge < -0.3 is 10.2 Å². The Balaban J connectivity index is 1.44. The van der Waals surface area contributed by atoms with Gasteiger partial charge in [-0.2, -0.15) is 5.10 Å². The van der Waals surface area contributed by atoms with E-state index in [1.54, 1.807) is 22.0 Å². The lowest BCUT2D eigenvalue weighted by Crippen LogP contribution is -2.43. The maximum atomic E-state index is 12.8. The third kappa shape index (κ3) is 3.93.